The molecule has 1 heterocycles. The Morgan fingerprint density at radius 3 is 2.53 bits per heavy atom. The van der Waals surface area contributed by atoms with Crippen LogP contribution in [0.3, 0.4) is 0 Å². The molecule has 1 unspecified atom stereocenters. The standard InChI is InChI=1S/C13H15BrF3NO/c14-7-12-9-19-6-5-18(12)8-10-1-3-11(4-2-10)13(15,16)17/h1-4,12H,5-9H2. The molecule has 1 aliphatic rings. The molecule has 0 aliphatic carbocycles. The van der Waals surface area contributed by atoms with E-state index in [9.17, 15) is 13.2 Å². The van der Waals surface area contributed by atoms with Crippen LogP contribution in [0.5, 0.6) is 0 Å². The summed E-state index contributed by atoms with van der Waals surface area (Å²) < 4.78 is 42.8. The lowest BCUT2D eigenvalue weighted by atomic mass is 10.1. The SMILES string of the molecule is FC(F)(F)c1ccc(CN2CCOCC2CBr)cc1. The molecule has 0 amide bonds. The van der Waals surface area contributed by atoms with E-state index in [4.69, 9.17) is 4.74 Å². The van der Waals surface area contributed by atoms with Gasteiger partial charge in [-0.3, -0.25) is 4.90 Å². The van der Waals surface area contributed by atoms with Crippen LogP contribution in [0.1, 0.15) is 11.1 Å². The zero-order chi connectivity index (χ0) is 13.9. The molecule has 1 aromatic rings. The van der Waals surface area contributed by atoms with Crippen LogP contribution >= 0.6 is 15.9 Å². The Labute approximate surface area is 118 Å². The number of hydrogen-bond acceptors (Lipinski definition) is 2. The molecule has 1 atom stereocenters. The summed E-state index contributed by atoms with van der Waals surface area (Å²) in [6.07, 6.45) is -4.27. The van der Waals surface area contributed by atoms with E-state index in [1.165, 1.54) is 0 Å². The predicted octanol–water partition coefficient (Wildman–Crippen LogP) is 3.30. The predicted molar refractivity (Wildman–Crippen MR) is 70.3 cm³/mol. The van der Waals surface area contributed by atoms with E-state index in [2.05, 4.69) is 20.8 Å². The molecule has 0 saturated carbocycles. The fourth-order valence-corrected chi connectivity index (χ4v) is 2.67. The molecule has 1 aromatic carbocycles. The first-order valence-electron chi connectivity index (χ1n) is 6.04. The molecule has 1 fully saturated rings. The van der Waals surface area contributed by atoms with Gasteiger partial charge >= 0.3 is 6.18 Å². The number of morpholine rings is 1. The first-order chi connectivity index (χ1) is 9.00. The van der Waals surface area contributed by atoms with Gasteiger partial charge in [-0.25, -0.2) is 0 Å². The van der Waals surface area contributed by atoms with Crippen molar-refractivity contribution in [3.8, 4) is 0 Å². The first kappa shape index (κ1) is 14.8. The van der Waals surface area contributed by atoms with Crippen LogP contribution in [0.15, 0.2) is 24.3 Å². The van der Waals surface area contributed by atoms with Gasteiger partial charge in [-0.2, -0.15) is 13.2 Å². The maximum absolute atomic E-state index is 12.5. The normalized spacial score (nSPS) is 21.6. The van der Waals surface area contributed by atoms with Gasteiger partial charge in [-0.15, -0.1) is 0 Å². The van der Waals surface area contributed by atoms with Gasteiger partial charge in [0, 0.05) is 24.5 Å². The van der Waals surface area contributed by atoms with Gasteiger partial charge < -0.3 is 4.74 Å². The Hall–Kier alpha value is -0.590. The Balaban J connectivity index is 2.02. The van der Waals surface area contributed by atoms with Crippen molar-refractivity contribution < 1.29 is 17.9 Å². The monoisotopic (exact) mass is 337 g/mol. The van der Waals surface area contributed by atoms with Crippen molar-refractivity contribution in [3.05, 3.63) is 35.4 Å². The summed E-state index contributed by atoms with van der Waals surface area (Å²) in [7, 11) is 0. The van der Waals surface area contributed by atoms with Crippen molar-refractivity contribution in [1.29, 1.82) is 0 Å². The number of ether oxygens (including phenoxy) is 1. The molecule has 106 valence electrons. The van der Waals surface area contributed by atoms with Gasteiger partial charge in [0.25, 0.3) is 0 Å². The average Bonchev–Trinajstić information content (AvgIpc) is 2.39. The molecular formula is C13H15BrF3NO. The molecule has 19 heavy (non-hydrogen) atoms. The van der Waals surface area contributed by atoms with Crippen LogP contribution in [0.25, 0.3) is 0 Å². The molecule has 0 spiro atoms. The smallest absolute Gasteiger partial charge is 0.378 e. The van der Waals surface area contributed by atoms with E-state index in [0.29, 0.717) is 19.8 Å². The number of halogens is 4. The highest BCUT2D eigenvalue weighted by Crippen LogP contribution is 2.29. The highest BCUT2D eigenvalue weighted by Gasteiger charge is 2.30. The van der Waals surface area contributed by atoms with E-state index in [1.54, 1.807) is 12.1 Å². The van der Waals surface area contributed by atoms with E-state index in [-0.39, 0.29) is 6.04 Å². The van der Waals surface area contributed by atoms with Crippen molar-refractivity contribution in [2.45, 2.75) is 18.8 Å². The van der Waals surface area contributed by atoms with Gasteiger partial charge in [0.05, 0.1) is 18.8 Å². The second-order valence-electron chi connectivity index (χ2n) is 4.55. The van der Waals surface area contributed by atoms with Crippen molar-refractivity contribution in [3.63, 3.8) is 0 Å². The fourth-order valence-electron chi connectivity index (χ4n) is 2.07. The minimum Gasteiger partial charge on any atom is -0.378 e. The van der Waals surface area contributed by atoms with Gasteiger partial charge in [0.2, 0.25) is 0 Å². The van der Waals surface area contributed by atoms with Gasteiger partial charge in [-0.1, -0.05) is 28.1 Å². The fraction of sp³-hybridized carbons (Fsp3) is 0.538. The van der Waals surface area contributed by atoms with E-state index < -0.39 is 11.7 Å². The summed E-state index contributed by atoms with van der Waals surface area (Å²) in [6.45, 7) is 2.78. The Morgan fingerprint density at radius 1 is 1.26 bits per heavy atom. The molecule has 6 heteroatoms. The summed E-state index contributed by atoms with van der Waals surface area (Å²) in [5, 5.41) is 0.799. The van der Waals surface area contributed by atoms with Crippen molar-refractivity contribution in [2.24, 2.45) is 0 Å². The molecule has 0 N–H and O–H groups in total. The summed E-state index contributed by atoms with van der Waals surface area (Å²) in [4.78, 5) is 2.22. The molecular weight excluding hydrogens is 323 g/mol. The first-order valence-corrected chi connectivity index (χ1v) is 7.17. The minimum absolute atomic E-state index is 0.274. The van der Waals surface area contributed by atoms with Gasteiger partial charge in [0.15, 0.2) is 0 Å². The van der Waals surface area contributed by atoms with Gasteiger partial charge in [-0.05, 0) is 17.7 Å². The van der Waals surface area contributed by atoms with Crippen molar-refractivity contribution >= 4 is 15.9 Å². The number of hydrogen-bond donors (Lipinski definition) is 0. The van der Waals surface area contributed by atoms with E-state index >= 15 is 0 Å². The molecule has 0 bridgehead atoms. The third-order valence-corrected chi connectivity index (χ3v) is 3.94. The summed E-state index contributed by atoms with van der Waals surface area (Å²) in [6, 6.07) is 5.64. The van der Waals surface area contributed by atoms with Crippen LogP contribution in [0.2, 0.25) is 0 Å². The lowest BCUT2D eigenvalue weighted by molar-refractivity contribution is -0.137. The molecule has 2 rings (SSSR count). The van der Waals surface area contributed by atoms with Crippen LogP contribution in [0.4, 0.5) is 13.2 Å². The summed E-state index contributed by atoms with van der Waals surface area (Å²) >= 11 is 3.43. The molecule has 0 radical (unpaired) electrons. The van der Waals surface area contributed by atoms with Crippen LogP contribution < -0.4 is 0 Å². The maximum Gasteiger partial charge on any atom is 0.416 e. The topological polar surface area (TPSA) is 12.5 Å². The number of alkyl halides is 4. The highest BCUT2D eigenvalue weighted by molar-refractivity contribution is 9.09. The van der Waals surface area contributed by atoms with Crippen LogP contribution in [-0.2, 0) is 17.5 Å². The summed E-state index contributed by atoms with van der Waals surface area (Å²) in [5.41, 5.74) is 0.288. The second-order valence-corrected chi connectivity index (χ2v) is 5.20. The van der Waals surface area contributed by atoms with Crippen molar-refractivity contribution in [2.75, 3.05) is 25.1 Å². The largest absolute Gasteiger partial charge is 0.416 e. The van der Waals surface area contributed by atoms with Crippen molar-refractivity contribution in [1.82, 2.24) is 4.90 Å². The third-order valence-electron chi connectivity index (χ3n) is 3.19. The molecule has 2 nitrogen and oxygen atoms in total. The Morgan fingerprint density at radius 2 is 1.95 bits per heavy atom. The third kappa shape index (κ3) is 3.94. The number of benzene rings is 1. The molecule has 1 saturated heterocycles. The maximum atomic E-state index is 12.5. The second kappa shape index (κ2) is 6.24. The van der Waals surface area contributed by atoms with E-state index in [0.717, 1.165) is 29.6 Å². The number of rotatable bonds is 3. The Bertz CT molecular complexity index is 407. The van der Waals surface area contributed by atoms with E-state index in [1.807, 2.05) is 0 Å². The zero-order valence-corrected chi connectivity index (χ0v) is 11.9. The lowest BCUT2D eigenvalue weighted by Gasteiger charge is -2.34. The Kier molecular flexibility index (Phi) is 4.86. The lowest BCUT2D eigenvalue weighted by Crippen LogP contribution is -2.45. The summed E-state index contributed by atoms with van der Waals surface area (Å²) in [5.74, 6) is 0. The van der Waals surface area contributed by atoms with Crippen LogP contribution in [-0.4, -0.2) is 36.0 Å². The minimum atomic E-state index is -4.27. The quantitative estimate of drug-likeness (QED) is 0.784. The zero-order valence-electron chi connectivity index (χ0n) is 10.3. The number of nitrogens with zero attached hydrogens (tertiary/aromatic N) is 1. The molecule has 0 aromatic heterocycles. The van der Waals surface area contributed by atoms with Crippen LogP contribution in [0, 0.1) is 0 Å². The van der Waals surface area contributed by atoms with Gasteiger partial charge in [0.1, 0.15) is 0 Å². The average molecular weight is 338 g/mol. The highest BCUT2D eigenvalue weighted by atomic mass is 79.9. The molecule has 1 aliphatic heterocycles.